The summed E-state index contributed by atoms with van der Waals surface area (Å²) < 4.78 is 0. The van der Waals surface area contributed by atoms with Gasteiger partial charge in [-0.15, -0.1) is 0 Å². The molecule has 0 radical (unpaired) electrons. The second kappa shape index (κ2) is 8.79. The average molecular weight is 408 g/mol. The number of fused-ring (bicyclic) bond motifs is 5. The van der Waals surface area contributed by atoms with Gasteiger partial charge in [0.25, 0.3) is 0 Å². The van der Waals surface area contributed by atoms with Gasteiger partial charge >= 0.3 is 0 Å². The van der Waals surface area contributed by atoms with E-state index in [4.69, 9.17) is 0 Å². The van der Waals surface area contributed by atoms with Crippen LogP contribution < -0.4 is 10.6 Å². The Hall–Kier alpha value is -0.120. The van der Waals surface area contributed by atoms with Crippen molar-refractivity contribution in [2.75, 3.05) is 14.1 Å². The summed E-state index contributed by atoms with van der Waals surface area (Å²) in [4.78, 5) is 2.71. The molecule has 2 bridgehead atoms. The van der Waals surface area contributed by atoms with E-state index in [-0.39, 0.29) is 16.5 Å². The molecule has 3 rings (SSSR count). The normalized spacial score (nSPS) is 39.2. The van der Waals surface area contributed by atoms with Gasteiger partial charge in [-0.3, -0.25) is 4.90 Å². The lowest BCUT2D eigenvalue weighted by Gasteiger charge is -2.58. The van der Waals surface area contributed by atoms with Crippen LogP contribution in [0.25, 0.3) is 0 Å². The topological polar surface area (TPSA) is 27.3 Å². The summed E-state index contributed by atoms with van der Waals surface area (Å²) in [7, 11) is 4.51. The molecule has 0 amide bonds. The van der Waals surface area contributed by atoms with Crippen molar-refractivity contribution in [1.82, 2.24) is 15.5 Å². The fraction of sp³-hybridized carbons (Fsp3) is 1.00. The first kappa shape index (κ1) is 25.1. The summed E-state index contributed by atoms with van der Waals surface area (Å²) in [5.41, 5.74) is 1.06. The lowest BCUT2D eigenvalue weighted by molar-refractivity contribution is -0.0749. The summed E-state index contributed by atoms with van der Waals surface area (Å²) >= 11 is 0. The zero-order valence-electron chi connectivity index (χ0n) is 21.7. The molecule has 1 saturated carbocycles. The predicted octanol–water partition coefficient (Wildman–Crippen LogP) is 5.84. The SMILES string of the molecule is CCCC(CC(C)(C)NC1(CC)CC(C)(C)C(C)N(C)C2CC(C)(C1)C2C)NC. The zero-order valence-corrected chi connectivity index (χ0v) is 21.7. The molecule has 0 aromatic rings. The fourth-order valence-electron chi connectivity index (χ4n) is 7.08. The van der Waals surface area contributed by atoms with Gasteiger partial charge in [0.2, 0.25) is 0 Å². The lowest BCUT2D eigenvalue weighted by Crippen LogP contribution is -2.62. The van der Waals surface area contributed by atoms with E-state index in [0.29, 0.717) is 17.5 Å². The maximum Gasteiger partial charge on any atom is 0.0194 e. The molecule has 3 heteroatoms. The minimum Gasteiger partial charge on any atom is -0.317 e. The van der Waals surface area contributed by atoms with Gasteiger partial charge in [0.05, 0.1) is 0 Å². The molecule has 172 valence electrons. The Morgan fingerprint density at radius 1 is 1.10 bits per heavy atom. The van der Waals surface area contributed by atoms with Crippen molar-refractivity contribution < 1.29 is 0 Å². The molecule has 2 heterocycles. The fourth-order valence-corrected chi connectivity index (χ4v) is 7.08. The standard InChI is InChI=1S/C26H53N3/c1-12-14-21(27-10)15-24(7,8)28-26(13-2)17-23(5,6)20(4)29(11)22-16-25(9,18-26)19(22)3/h19-22,27-28H,12-18H2,1-11H3. The quantitative estimate of drug-likeness (QED) is 0.529. The third-order valence-corrected chi connectivity index (χ3v) is 9.24. The van der Waals surface area contributed by atoms with Gasteiger partial charge in [-0.25, -0.2) is 0 Å². The number of rotatable bonds is 8. The number of hydrogen-bond donors (Lipinski definition) is 2. The van der Waals surface area contributed by atoms with Crippen LogP contribution in [-0.4, -0.2) is 48.2 Å². The van der Waals surface area contributed by atoms with Gasteiger partial charge in [-0.2, -0.15) is 0 Å². The summed E-state index contributed by atoms with van der Waals surface area (Å²) in [6.07, 6.45) is 8.80. The Kier molecular flexibility index (Phi) is 7.62. The van der Waals surface area contributed by atoms with E-state index in [1.807, 2.05) is 0 Å². The second-order valence-corrected chi connectivity index (χ2v) is 12.5. The molecule has 3 aliphatic rings. The molecule has 6 unspecified atom stereocenters. The lowest BCUT2D eigenvalue weighted by atomic mass is 9.53. The van der Waals surface area contributed by atoms with E-state index in [2.05, 4.69) is 91.9 Å². The van der Waals surface area contributed by atoms with Crippen molar-refractivity contribution in [3.8, 4) is 0 Å². The highest BCUT2D eigenvalue weighted by Gasteiger charge is 2.57. The molecular formula is C26H53N3. The first-order valence-electron chi connectivity index (χ1n) is 12.4. The van der Waals surface area contributed by atoms with Crippen LogP contribution in [0.5, 0.6) is 0 Å². The second-order valence-electron chi connectivity index (χ2n) is 12.5. The van der Waals surface area contributed by atoms with Crippen LogP contribution in [0.2, 0.25) is 0 Å². The summed E-state index contributed by atoms with van der Waals surface area (Å²) in [6.45, 7) is 22.2. The van der Waals surface area contributed by atoms with Crippen molar-refractivity contribution >= 4 is 0 Å². The van der Waals surface area contributed by atoms with Gasteiger partial charge in [0.1, 0.15) is 0 Å². The van der Waals surface area contributed by atoms with Gasteiger partial charge in [0.15, 0.2) is 0 Å². The van der Waals surface area contributed by atoms with Crippen LogP contribution in [0, 0.1) is 16.7 Å². The molecule has 2 saturated heterocycles. The Bertz CT molecular complexity index is 542. The highest BCUT2D eigenvalue weighted by molar-refractivity contribution is 5.12. The van der Waals surface area contributed by atoms with E-state index in [9.17, 15) is 0 Å². The zero-order chi connectivity index (χ0) is 22.3. The van der Waals surface area contributed by atoms with E-state index < -0.39 is 0 Å². The Morgan fingerprint density at radius 2 is 1.72 bits per heavy atom. The van der Waals surface area contributed by atoms with Gasteiger partial charge in [-0.05, 0) is 90.1 Å². The third-order valence-electron chi connectivity index (χ3n) is 9.24. The summed E-state index contributed by atoms with van der Waals surface area (Å²) in [5, 5.41) is 7.88. The monoisotopic (exact) mass is 407 g/mol. The predicted molar refractivity (Wildman–Crippen MR) is 129 cm³/mol. The van der Waals surface area contributed by atoms with E-state index in [0.717, 1.165) is 12.0 Å². The van der Waals surface area contributed by atoms with Gasteiger partial charge < -0.3 is 10.6 Å². The highest BCUT2D eigenvalue weighted by atomic mass is 15.2. The molecule has 2 N–H and O–H groups in total. The molecule has 0 aromatic heterocycles. The third kappa shape index (κ3) is 5.21. The summed E-state index contributed by atoms with van der Waals surface area (Å²) in [5.74, 6) is 0.768. The molecule has 1 aliphatic carbocycles. The number of nitrogens with one attached hydrogen (secondary N) is 2. The van der Waals surface area contributed by atoms with Crippen LogP contribution in [0.15, 0.2) is 0 Å². The Labute approximate surface area is 183 Å². The van der Waals surface area contributed by atoms with E-state index >= 15 is 0 Å². The Balaban J connectivity index is 2.36. The number of hydrogen-bond acceptors (Lipinski definition) is 3. The first-order chi connectivity index (χ1) is 13.2. The largest absolute Gasteiger partial charge is 0.317 e. The molecule has 29 heavy (non-hydrogen) atoms. The van der Waals surface area contributed by atoms with E-state index in [1.54, 1.807) is 0 Å². The first-order valence-corrected chi connectivity index (χ1v) is 12.4. The van der Waals surface area contributed by atoms with Crippen LogP contribution >= 0.6 is 0 Å². The molecule has 3 nitrogen and oxygen atoms in total. The van der Waals surface area contributed by atoms with Crippen LogP contribution in [0.1, 0.15) is 107 Å². The maximum absolute atomic E-state index is 4.31. The summed E-state index contributed by atoms with van der Waals surface area (Å²) in [6, 6.07) is 1.93. The van der Waals surface area contributed by atoms with E-state index in [1.165, 1.54) is 44.9 Å². The van der Waals surface area contributed by atoms with Gasteiger partial charge in [-0.1, -0.05) is 48.0 Å². The van der Waals surface area contributed by atoms with Crippen LogP contribution in [-0.2, 0) is 0 Å². The smallest absolute Gasteiger partial charge is 0.0194 e. The molecule has 6 atom stereocenters. The molecule has 2 aliphatic heterocycles. The van der Waals surface area contributed by atoms with Crippen LogP contribution in [0.4, 0.5) is 0 Å². The van der Waals surface area contributed by atoms with Gasteiger partial charge in [0, 0.05) is 29.2 Å². The van der Waals surface area contributed by atoms with Crippen molar-refractivity contribution in [3.05, 3.63) is 0 Å². The minimum absolute atomic E-state index is 0.126. The highest BCUT2D eigenvalue weighted by Crippen LogP contribution is 2.57. The average Bonchev–Trinajstić information content (AvgIpc) is 2.65. The van der Waals surface area contributed by atoms with Crippen molar-refractivity contribution in [2.24, 2.45) is 16.7 Å². The molecule has 3 fully saturated rings. The molecule has 0 aromatic carbocycles. The number of nitrogens with zero attached hydrogens (tertiary/aromatic N) is 1. The van der Waals surface area contributed by atoms with Crippen molar-refractivity contribution in [2.45, 2.75) is 136 Å². The maximum atomic E-state index is 4.31. The molecular weight excluding hydrogens is 354 g/mol. The molecule has 0 spiro atoms. The minimum atomic E-state index is 0.126. The van der Waals surface area contributed by atoms with Crippen LogP contribution in [0.3, 0.4) is 0 Å². The Morgan fingerprint density at radius 3 is 2.21 bits per heavy atom. The van der Waals surface area contributed by atoms with Crippen molar-refractivity contribution in [3.63, 3.8) is 0 Å². The van der Waals surface area contributed by atoms with Crippen molar-refractivity contribution in [1.29, 1.82) is 0 Å².